The molecule has 4 N–H and O–H groups in total. The maximum absolute atomic E-state index is 13.1. The number of nitrogens with one attached hydrogen (secondary N) is 1. The third-order valence-corrected chi connectivity index (χ3v) is 7.64. The number of hydrogen-bond donors (Lipinski definition) is 3. The zero-order valence-electron chi connectivity index (χ0n) is 18.2. The Morgan fingerprint density at radius 1 is 1.00 bits per heavy atom. The number of nitrogens with two attached hydrogens (primary N) is 1. The van der Waals surface area contributed by atoms with Crippen LogP contribution in [0.3, 0.4) is 0 Å². The fourth-order valence-electron chi connectivity index (χ4n) is 3.93. The molecular formula is C24H28N4O4S. The van der Waals surface area contributed by atoms with Crippen LogP contribution in [0.1, 0.15) is 5.56 Å². The molecule has 9 heteroatoms. The Labute approximate surface area is 193 Å². The smallest absolute Gasteiger partial charge is 0.243 e. The van der Waals surface area contributed by atoms with Crippen LogP contribution in [0.15, 0.2) is 71.6 Å². The number of rotatable bonds is 8. The van der Waals surface area contributed by atoms with Crippen molar-refractivity contribution in [3.8, 4) is 5.75 Å². The first-order valence-electron chi connectivity index (χ1n) is 10.8. The number of sulfonamides is 1. The van der Waals surface area contributed by atoms with Gasteiger partial charge in [-0.25, -0.2) is 8.42 Å². The molecule has 0 aromatic heterocycles. The molecule has 8 nitrogen and oxygen atoms in total. The molecular weight excluding hydrogens is 440 g/mol. The Hall–Kier alpha value is -2.98. The lowest BCUT2D eigenvalue weighted by molar-refractivity contribution is 0.0569. The van der Waals surface area contributed by atoms with Gasteiger partial charge in [-0.05, 0) is 35.0 Å². The summed E-state index contributed by atoms with van der Waals surface area (Å²) >= 11 is 0. The minimum Gasteiger partial charge on any atom is -0.491 e. The summed E-state index contributed by atoms with van der Waals surface area (Å²) in [6, 6.07) is 19.8. The van der Waals surface area contributed by atoms with Crippen LogP contribution in [-0.2, 0) is 10.0 Å². The topological polar surface area (TPSA) is 120 Å². The van der Waals surface area contributed by atoms with Crippen molar-refractivity contribution < 1.29 is 18.3 Å². The highest BCUT2D eigenvalue weighted by molar-refractivity contribution is 7.89. The second kappa shape index (κ2) is 9.88. The summed E-state index contributed by atoms with van der Waals surface area (Å²) in [4.78, 5) is 2.34. The minimum absolute atomic E-state index is 0.0440. The van der Waals surface area contributed by atoms with Gasteiger partial charge in [0.2, 0.25) is 10.0 Å². The highest BCUT2D eigenvalue weighted by Gasteiger charge is 2.29. The predicted molar refractivity (Wildman–Crippen MR) is 128 cm³/mol. The quantitative estimate of drug-likeness (QED) is 0.343. The molecule has 3 aromatic carbocycles. The first kappa shape index (κ1) is 23.2. The summed E-state index contributed by atoms with van der Waals surface area (Å²) in [5, 5.41) is 19.8. The van der Waals surface area contributed by atoms with E-state index < -0.39 is 16.1 Å². The van der Waals surface area contributed by atoms with Gasteiger partial charge < -0.3 is 15.6 Å². The monoisotopic (exact) mass is 468 g/mol. The summed E-state index contributed by atoms with van der Waals surface area (Å²) in [6.45, 7) is 2.27. The fraction of sp³-hybridized carbons (Fsp3) is 0.292. The van der Waals surface area contributed by atoms with Crippen molar-refractivity contribution in [1.29, 1.82) is 5.41 Å². The molecule has 174 valence electrons. The van der Waals surface area contributed by atoms with Crippen LogP contribution in [0.5, 0.6) is 5.75 Å². The van der Waals surface area contributed by atoms with Crippen molar-refractivity contribution >= 4 is 26.6 Å². The molecule has 0 aliphatic carbocycles. The van der Waals surface area contributed by atoms with Crippen LogP contribution in [-0.4, -0.2) is 74.0 Å². The lowest BCUT2D eigenvalue weighted by Gasteiger charge is -2.34. The number of fused-ring (bicyclic) bond motifs is 1. The normalized spacial score (nSPS) is 16.5. The predicted octanol–water partition coefficient (Wildman–Crippen LogP) is 1.87. The molecule has 0 saturated carbocycles. The second-order valence-electron chi connectivity index (χ2n) is 8.12. The van der Waals surface area contributed by atoms with Crippen LogP contribution in [0.2, 0.25) is 0 Å². The molecule has 1 aliphatic heterocycles. The number of β-amino-alcohol motifs (C(OH)–C–C–N with tert-alkyl or cyclic N) is 1. The number of aliphatic hydroxyl groups is 1. The summed E-state index contributed by atoms with van der Waals surface area (Å²) in [6.07, 6.45) is -0.727. The third-order valence-electron chi connectivity index (χ3n) is 5.75. The SMILES string of the molecule is N=C(N)c1cccc(OCC(O)CN2CCN(S(=O)(=O)c3ccc4ccccc4c3)CC2)c1. The van der Waals surface area contributed by atoms with Gasteiger partial charge in [0, 0.05) is 38.3 Å². The molecule has 1 heterocycles. The molecule has 3 aromatic rings. The molecule has 0 spiro atoms. The Morgan fingerprint density at radius 3 is 2.45 bits per heavy atom. The first-order valence-corrected chi connectivity index (χ1v) is 12.2. The summed E-state index contributed by atoms with van der Waals surface area (Å²) < 4.78 is 33.4. The van der Waals surface area contributed by atoms with Gasteiger partial charge in [0.05, 0.1) is 4.90 Å². The third kappa shape index (κ3) is 5.51. The lowest BCUT2D eigenvalue weighted by atomic mass is 10.1. The van der Waals surface area contributed by atoms with E-state index in [1.165, 1.54) is 4.31 Å². The van der Waals surface area contributed by atoms with Gasteiger partial charge in [0.1, 0.15) is 24.3 Å². The van der Waals surface area contributed by atoms with E-state index >= 15 is 0 Å². The lowest BCUT2D eigenvalue weighted by Crippen LogP contribution is -2.50. The van der Waals surface area contributed by atoms with Crippen molar-refractivity contribution in [1.82, 2.24) is 9.21 Å². The van der Waals surface area contributed by atoms with E-state index in [0.29, 0.717) is 48.9 Å². The number of hydrogen-bond acceptors (Lipinski definition) is 6. The standard InChI is InChI=1S/C24H28N4O4S/c25-24(26)20-6-3-7-22(14-20)32-17-21(29)16-27-10-12-28(13-11-27)33(30,31)23-9-8-18-4-1-2-5-19(18)15-23/h1-9,14-15,21,29H,10-13,16-17H2,(H3,25,26). The maximum atomic E-state index is 13.1. The average Bonchev–Trinajstić information content (AvgIpc) is 2.83. The number of benzene rings is 3. The van der Waals surface area contributed by atoms with Crippen molar-refractivity contribution in [3.05, 3.63) is 72.3 Å². The molecule has 0 amide bonds. The Balaban J connectivity index is 1.30. The van der Waals surface area contributed by atoms with Crippen molar-refractivity contribution in [2.75, 3.05) is 39.3 Å². The van der Waals surface area contributed by atoms with Crippen LogP contribution >= 0.6 is 0 Å². The Kier molecular flexibility index (Phi) is 6.94. The molecule has 0 radical (unpaired) electrons. The largest absolute Gasteiger partial charge is 0.491 e. The van der Waals surface area contributed by atoms with Crippen LogP contribution < -0.4 is 10.5 Å². The van der Waals surface area contributed by atoms with Crippen molar-refractivity contribution in [3.63, 3.8) is 0 Å². The zero-order valence-corrected chi connectivity index (χ0v) is 19.0. The van der Waals surface area contributed by atoms with Gasteiger partial charge in [-0.2, -0.15) is 4.31 Å². The van der Waals surface area contributed by atoms with Crippen LogP contribution in [0.4, 0.5) is 0 Å². The molecule has 1 unspecified atom stereocenters. The van der Waals surface area contributed by atoms with E-state index in [4.69, 9.17) is 15.9 Å². The van der Waals surface area contributed by atoms with Crippen molar-refractivity contribution in [2.45, 2.75) is 11.0 Å². The van der Waals surface area contributed by atoms with E-state index in [2.05, 4.69) is 0 Å². The Morgan fingerprint density at radius 2 is 1.73 bits per heavy atom. The number of aliphatic hydroxyl groups excluding tert-OH is 1. The Bertz CT molecular complexity index is 1240. The molecule has 1 aliphatic rings. The zero-order chi connectivity index (χ0) is 23.4. The number of nitrogens with zero attached hydrogens (tertiary/aromatic N) is 2. The minimum atomic E-state index is -3.57. The summed E-state index contributed by atoms with van der Waals surface area (Å²) in [7, 11) is -3.57. The number of nitrogen functional groups attached to an aromatic ring is 1. The van der Waals surface area contributed by atoms with Gasteiger partial charge >= 0.3 is 0 Å². The van der Waals surface area contributed by atoms with E-state index in [1.54, 1.807) is 36.4 Å². The van der Waals surface area contributed by atoms with Crippen molar-refractivity contribution in [2.24, 2.45) is 5.73 Å². The van der Waals surface area contributed by atoms with E-state index in [1.807, 2.05) is 35.2 Å². The van der Waals surface area contributed by atoms with E-state index in [-0.39, 0.29) is 12.4 Å². The first-order chi connectivity index (χ1) is 15.8. The molecule has 1 fully saturated rings. The highest BCUT2D eigenvalue weighted by atomic mass is 32.2. The maximum Gasteiger partial charge on any atom is 0.243 e. The van der Waals surface area contributed by atoms with Gasteiger partial charge in [-0.15, -0.1) is 0 Å². The van der Waals surface area contributed by atoms with Crippen LogP contribution in [0, 0.1) is 5.41 Å². The van der Waals surface area contributed by atoms with Gasteiger partial charge in [-0.3, -0.25) is 10.3 Å². The second-order valence-corrected chi connectivity index (χ2v) is 10.1. The number of ether oxygens (including phenoxy) is 1. The number of piperazine rings is 1. The van der Waals surface area contributed by atoms with Gasteiger partial charge in [0.15, 0.2) is 0 Å². The van der Waals surface area contributed by atoms with E-state index in [0.717, 1.165) is 10.8 Å². The van der Waals surface area contributed by atoms with Gasteiger partial charge in [0.25, 0.3) is 0 Å². The van der Waals surface area contributed by atoms with E-state index in [9.17, 15) is 13.5 Å². The molecule has 33 heavy (non-hydrogen) atoms. The molecule has 1 saturated heterocycles. The average molecular weight is 469 g/mol. The highest BCUT2D eigenvalue weighted by Crippen LogP contribution is 2.23. The molecule has 1 atom stereocenters. The summed E-state index contributed by atoms with van der Waals surface area (Å²) in [5.74, 6) is 0.491. The van der Waals surface area contributed by atoms with Crippen LogP contribution in [0.25, 0.3) is 10.8 Å². The fourth-order valence-corrected chi connectivity index (χ4v) is 5.38. The molecule has 4 rings (SSSR count). The summed E-state index contributed by atoms with van der Waals surface area (Å²) in [5.41, 5.74) is 6.05. The molecule has 0 bridgehead atoms. The number of amidine groups is 1. The van der Waals surface area contributed by atoms with Gasteiger partial charge in [-0.1, -0.05) is 42.5 Å².